The molecule has 0 aliphatic carbocycles. The third-order valence-corrected chi connectivity index (χ3v) is 1.64. The predicted octanol–water partition coefficient (Wildman–Crippen LogP) is 1.07. The Morgan fingerprint density at radius 2 is 2.00 bits per heavy atom. The van der Waals surface area contributed by atoms with Gasteiger partial charge in [-0.2, -0.15) is 5.26 Å². The highest BCUT2D eigenvalue weighted by molar-refractivity contribution is 5.53. The maximum Gasteiger partial charge on any atom is 0.277 e. The first kappa shape index (κ1) is 9.80. The third kappa shape index (κ3) is 1.72. The highest BCUT2D eigenvalue weighted by Crippen LogP contribution is 2.32. The molecule has 0 saturated heterocycles. The molecule has 2 N–H and O–H groups in total. The van der Waals surface area contributed by atoms with Crippen molar-refractivity contribution < 1.29 is 15.1 Å². The number of nitro groups is 1. The van der Waals surface area contributed by atoms with E-state index in [1.165, 1.54) is 0 Å². The first-order valence-electron chi connectivity index (χ1n) is 3.62. The van der Waals surface area contributed by atoms with E-state index in [4.69, 9.17) is 15.5 Å². The van der Waals surface area contributed by atoms with Crippen LogP contribution in [0.1, 0.15) is 5.56 Å². The highest BCUT2D eigenvalue weighted by Gasteiger charge is 2.17. The molecule has 0 aliphatic heterocycles. The van der Waals surface area contributed by atoms with Crippen LogP contribution in [0.25, 0.3) is 0 Å². The summed E-state index contributed by atoms with van der Waals surface area (Å²) in [6.07, 6.45) is -0.190. The molecule has 6 heteroatoms. The first-order chi connectivity index (χ1) is 6.56. The van der Waals surface area contributed by atoms with E-state index in [1.54, 1.807) is 6.07 Å². The minimum atomic E-state index is -0.716. The zero-order chi connectivity index (χ0) is 10.7. The van der Waals surface area contributed by atoms with E-state index in [1.807, 2.05) is 0 Å². The van der Waals surface area contributed by atoms with Gasteiger partial charge in [-0.05, 0) is 6.07 Å². The van der Waals surface area contributed by atoms with Crippen molar-refractivity contribution in [2.45, 2.75) is 6.42 Å². The van der Waals surface area contributed by atoms with Gasteiger partial charge in [-0.15, -0.1) is 0 Å². The van der Waals surface area contributed by atoms with Crippen molar-refractivity contribution in [1.29, 1.82) is 5.26 Å². The Balaban J connectivity index is 3.32. The molecule has 1 rings (SSSR count). The van der Waals surface area contributed by atoms with E-state index < -0.39 is 16.4 Å². The zero-order valence-electron chi connectivity index (χ0n) is 6.97. The highest BCUT2D eigenvalue weighted by atomic mass is 16.6. The third-order valence-electron chi connectivity index (χ3n) is 1.64. The fourth-order valence-electron chi connectivity index (χ4n) is 1.01. The van der Waals surface area contributed by atoms with Gasteiger partial charge in [0, 0.05) is 5.56 Å². The van der Waals surface area contributed by atoms with Gasteiger partial charge in [0.15, 0.2) is 11.5 Å². The number of nitrogens with zero attached hydrogens (tertiary/aromatic N) is 2. The minimum Gasteiger partial charge on any atom is -0.504 e. The molecule has 0 fully saturated rings. The Morgan fingerprint density at radius 3 is 2.50 bits per heavy atom. The lowest BCUT2D eigenvalue weighted by Gasteiger charge is -2.01. The molecule has 0 saturated carbocycles. The monoisotopic (exact) mass is 194 g/mol. The van der Waals surface area contributed by atoms with Crippen LogP contribution in [0.5, 0.6) is 11.5 Å². The normalized spacial score (nSPS) is 9.36. The van der Waals surface area contributed by atoms with Crippen molar-refractivity contribution in [3.8, 4) is 17.6 Å². The average molecular weight is 194 g/mol. The lowest BCUT2D eigenvalue weighted by atomic mass is 10.1. The summed E-state index contributed by atoms with van der Waals surface area (Å²) >= 11 is 0. The fourth-order valence-corrected chi connectivity index (χ4v) is 1.01. The molecule has 6 nitrogen and oxygen atoms in total. The van der Waals surface area contributed by atoms with Gasteiger partial charge >= 0.3 is 0 Å². The average Bonchev–Trinajstić information content (AvgIpc) is 2.11. The van der Waals surface area contributed by atoms with Crippen LogP contribution in [0.4, 0.5) is 5.69 Å². The SMILES string of the molecule is N#CCc1cc(O)c(O)cc1[N+](=O)[O-]. The predicted molar refractivity (Wildman–Crippen MR) is 45.7 cm³/mol. The number of phenols is 2. The van der Waals surface area contributed by atoms with E-state index >= 15 is 0 Å². The number of nitriles is 1. The molecule has 14 heavy (non-hydrogen) atoms. The van der Waals surface area contributed by atoms with Gasteiger partial charge in [0.2, 0.25) is 0 Å². The second kappa shape index (κ2) is 3.62. The van der Waals surface area contributed by atoms with E-state index in [9.17, 15) is 10.1 Å². The molecule has 72 valence electrons. The van der Waals surface area contributed by atoms with Crippen molar-refractivity contribution in [2.75, 3.05) is 0 Å². The molecule has 0 atom stereocenters. The van der Waals surface area contributed by atoms with E-state index in [0.717, 1.165) is 12.1 Å². The fraction of sp³-hybridized carbons (Fsp3) is 0.125. The second-order valence-electron chi connectivity index (χ2n) is 2.56. The maximum atomic E-state index is 10.5. The lowest BCUT2D eigenvalue weighted by molar-refractivity contribution is -0.385. The number of nitro benzene ring substituents is 1. The number of rotatable bonds is 2. The Kier molecular flexibility index (Phi) is 2.53. The van der Waals surface area contributed by atoms with E-state index in [0.29, 0.717) is 0 Å². The Hall–Kier alpha value is -2.29. The van der Waals surface area contributed by atoms with Gasteiger partial charge in [0.25, 0.3) is 5.69 Å². The second-order valence-corrected chi connectivity index (χ2v) is 2.56. The van der Waals surface area contributed by atoms with Crippen molar-refractivity contribution in [2.24, 2.45) is 0 Å². The molecule has 0 bridgehead atoms. The largest absolute Gasteiger partial charge is 0.504 e. The summed E-state index contributed by atoms with van der Waals surface area (Å²) in [5.41, 5.74) is -0.297. The lowest BCUT2D eigenvalue weighted by Crippen LogP contribution is -1.94. The molecular weight excluding hydrogens is 188 g/mol. The van der Waals surface area contributed by atoms with Crippen LogP contribution < -0.4 is 0 Å². The molecule has 0 heterocycles. The Labute approximate surface area is 78.8 Å². The van der Waals surface area contributed by atoms with Crippen LogP contribution in [-0.2, 0) is 6.42 Å². The summed E-state index contributed by atoms with van der Waals surface area (Å²) in [6.45, 7) is 0. The summed E-state index contributed by atoms with van der Waals surface area (Å²) in [5.74, 6) is -1.04. The molecule has 0 spiro atoms. The van der Waals surface area contributed by atoms with Gasteiger partial charge in [-0.1, -0.05) is 0 Å². The first-order valence-corrected chi connectivity index (χ1v) is 3.62. The van der Waals surface area contributed by atoms with Crippen LogP contribution >= 0.6 is 0 Å². The van der Waals surface area contributed by atoms with Crippen molar-refractivity contribution in [3.05, 3.63) is 27.8 Å². The van der Waals surface area contributed by atoms with Crippen molar-refractivity contribution in [3.63, 3.8) is 0 Å². The Bertz CT molecular complexity index is 422. The van der Waals surface area contributed by atoms with E-state index in [-0.39, 0.29) is 17.7 Å². The smallest absolute Gasteiger partial charge is 0.277 e. The van der Waals surface area contributed by atoms with Crippen LogP contribution in [0.3, 0.4) is 0 Å². The molecule has 1 aromatic rings. The molecule has 1 aromatic carbocycles. The summed E-state index contributed by atoms with van der Waals surface area (Å²) < 4.78 is 0. The topological polar surface area (TPSA) is 107 Å². The maximum absolute atomic E-state index is 10.5. The van der Waals surface area contributed by atoms with Crippen LogP contribution in [-0.4, -0.2) is 15.1 Å². The number of hydrogen-bond acceptors (Lipinski definition) is 5. The van der Waals surface area contributed by atoms with Gasteiger partial charge in [0.1, 0.15) is 0 Å². The van der Waals surface area contributed by atoms with Crippen molar-refractivity contribution >= 4 is 5.69 Å². The van der Waals surface area contributed by atoms with Crippen LogP contribution in [0.15, 0.2) is 12.1 Å². The van der Waals surface area contributed by atoms with Gasteiger partial charge in [0.05, 0.1) is 23.5 Å². The summed E-state index contributed by atoms with van der Waals surface area (Å²) in [6, 6.07) is 3.56. The van der Waals surface area contributed by atoms with Crippen LogP contribution in [0.2, 0.25) is 0 Å². The number of hydrogen-bond donors (Lipinski definition) is 2. The molecule has 0 aliphatic rings. The molecular formula is C8H6N2O4. The van der Waals surface area contributed by atoms with Gasteiger partial charge in [-0.25, -0.2) is 0 Å². The minimum absolute atomic E-state index is 0.0767. The molecule has 0 amide bonds. The van der Waals surface area contributed by atoms with Gasteiger partial charge in [-0.3, -0.25) is 10.1 Å². The standard InChI is InChI=1S/C8H6N2O4/c9-2-1-5-3-7(11)8(12)4-6(5)10(13)14/h3-4,11-12H,1H2. The van der Waals surface area contributed by atoms with E-state index in [2.05, 4.69) is 0 Å². The summed E-state index contributed by atoms with van der Waals surface area (Å²) in [4.78, 5) is 9.75. The van der Waals surface area contributed by atoms with Gasteiger partial charge < -0.3 is 10.2 Å². The quantitative estimate of drug-likeness (QED) is 0.416. The molecule has 0 aromatic heterocycles. The number of benzene rings is 1. The van der Waals surface area contributed by atoms with Crippen molar-refractivity contribution in [1.82, 2.24) is 0 Å². The number of phenolic OH excluding ortho intramolecular Hbond substituents is 2. The Morgan fingerprint density at radius 1 is 1.43 bits per heavy atom. The molecule has 0 radical (unpaired) electrons. The summed E-state index contributed by atoms with van der Waals surface area (Å²) in [5, 5.41) is 36.9. The van der Waals surface area contributed by atoms with Crippen LogP contribution in [0, 0.1) is 21.4 Å². The number of aromatic hydroxyl groups is 2. The zero-order valence-corrected chi connectivity index (χ0v) is 6.97. The molecule has 0 unspecified atom stereocenters. The summed E-state index contributed by atoms with van der Waals surface area (Å²) in [7, 11) is 0.